The number of rotatable bonds is 5. The number of hydrogen-bond acceptors (Lipinski definition) is 6. The first-order valence-electron chi connectivity index (χ1n) is 7.97. The molecule has 0 saturated heterocycles. The van der Waals surface area contributed by atoms with E-state index in [9.17, 15) is 9.90 Å². The number of carbonyl (C=O) groups excluding carboxylic acids is 1. The number of carbonyl (C=O) groups is 1. The highest BCUT2D eigenvalue weighted by atomic mass is 16.5. The number of ether oxygens (including phenoxy) is 1. The number of aliphatic imine (C=N–C) groups is 1. The van der Waals surface area contributed by atoms with Gasteiger partial charge in [0.1, 0.15) is 11.5 Å². The minimum Gasteiger partial charge on any atom is -0.507 e. The molecular formula is C19H17N5O3. The fraction of sp³-hybridized carbons (Fsp3) is 0.0526. The molecule has 4 N–H and O–H groups in total. The quantitative estimate of drug-likeness (QED) is 0.361. The second kappa shape index (κ2) is 7.96. The maximum absolute atomic E-state index is 12.4. The number of phenols is 1. The van der Waals surface area contributed by atoms with Gasteiger partial charge in [0.15, 0.2) is 5.78 Å². The molecule has 1 heterocycles. The number of benzene rings is 2. The number of para-hydroxylation sites is 1. The molecule has 0 aliphatic carbocycles. The lowest BCUT2D eigenvalue weighted by atomic mass is 10.1. The summed E-state index contributed by atoms with van der Waals surface area (Å²) in [5, 5.41) is 12.7. The topological polar surface area (TPSA) is 123 Å². The van der Waals surface area contributed by atoms with Gasteiger partial charge in [-0.3, -0.25) is 4.79 Å². The summed E-state index contributed by atoms with van der Waals surface area (Å²) in [6.07, 6.45) is 2.67. The highest BCUT2D eigenvalue weighted by molar-refractivity contribution is 6.10. The molecule has 8 nitrogen and oxygen atoms in total. The van der Waals surface area contributed by atoms with Crippen LogP contribution in [0.2, 0.25) is 0 Å². The van der Waals surface area contributed by atoms with Crippen LogP contribution >= 0.6 is 0 Å². The number of anilines is 1. The zero-order valence-electron chi connectivity index (χ0n) is 14.5. The Hall–Kier alpha value is -3.94. The van der Waals surface area contributed by atoms with Crippen LogP contribution in [0.3, 0.4) is 0 Å². The van der Waals surface area contributed by atoms with E-state index in [1.807, 2.05) is 0 Å². The van der Waals surface area contributed by atoms with Gasteiger partial charge in [-0.15, -0.1) is 0 Å². The number of nitrogens with one attached hydrogen (secondary N) is 1. The predicted octanol–water partition coefficient (Wildman–Crippen LogP) is 2.48. The summed E-state index contributed by atoms with van der Waals surface area (Å²) in [7, 11) is 1.59. The SMILES string of the molecule is COc1ccc(NC(N)=Nc2ncc(C(=O)c3ccccc3O)cn2)cc1. The van der Waals surface area contributed by atoms with Crippen molar-refractivity contribution >= 4 is 23.4 Å². The van der Waals surface area contributed by atoms with Crippen LogP contribution in [0.25, 0.3) is 0 Å². The Balaban J connectivity index is 1.71. The molecule has 0 aliphatic heterocycles. The van der Waals surface area contributed by atoms with Crippen LogP contribution in [-0.2, 0) is 0 Å². The van der Waals surface area contributed by atoms with Crippen LogP contribution in [0.5, 0.6) is 11.5 Å². The molecule has 1 aromatic heterocycles. The summed E-state index contributed by atoms with van der Waals surface area (Å²) < 4.78 is 5.09. The molecule has 0 spiro atoms. The highest BCUT2D eigenvalue weighted by Gasteiger charge is 2.13. The minimum absolute atomic E-state index is 0.0972. The van der Waals surface area contributed by atoms with Gasteiger partial charge in [0.25, 0.3) is 5.95 Å². The van der Waals surface area contributed by atoms with Crippen LogP contribution in [0.4, 0.5) is 11.6 Å². The number of ketones is 1. The number of aromatic nitrogens is 2. The third-order valence-corrected chi connectivity index (χ3v) is 3.63. The van der Waals surface area contributed by atoms with Crippen molar-refractivity contribution in [3.8, 4) is 11.5 Å². The Morgan fingerprint density at radius 2 is 1.78 bits per heavy atom. The van der Waals surface area contributed by atoms with Gasteiger partial charge in [-0.05, 0) is 36.4 Å². The molecule has 0 radical (unpaired) electrons. The van der Waals surface area contributed by atoms with Crippen molar-refractivity contribution in [1.29, 1.82) is 0 Å². The van der Waals surface area contributed by atoms with Crippen LogP contribution in [0.15, 0.2) is 65.9 Å². The molecule has 0 unspecified atom stereocenters. The number of phenolic OH excluding ortho intramolecular Hbond substituents is 1. The molecular weight excluding hydrogens is 346 g/mol. The second-order valence-corrected chi connectivity index (χ2v) is 5.47. The zero-order chi connectivity index (χ0) is 19.2. The molecule has 27 heavy (non-hydrogen) atoms. The third kappa shape index (κ3) is 4.37. The molecule has 3 aromatic rings. The lowest BCUT2D eigenvalue weighted by molar-refractivity contribution is 0.103. The van der Waals surface area contributed by atoms with Gasteiger partial charge in [0.2, 0.25) is 5.96 Å². The minimum atomic E-state index is -0.382. The maximum atomic E-state index is 12.4. The molecule has 136 valence electrons. The van der Waals surface area contributed by atoms with Gasteiger partial charge >= 0.3 is 0 Å². The molecule has 0 aliphatic rings. The predicted molar refractivity (Wildman–Crippen MR) is 101 cm³/mol. The van der Waals surface area contributed by atoms with E-state index < -0.39 is 0 Å². The van der Waals surface area contributed by atoms with E-state index in [1.165, 1.54) is 24.5 Å². The molecule has 3 rings (SSSR count). The Labute approximate surface area is 155 Å². The van der Waals surface area contributed by atoms with E-state index >= 15 is 0 Å². The lowest BCUT2D eigenvalue weighted by Gasteiger charge is -2.06. The summed E-state index contributed by atoms with van der Waals surface area (Å²) >= 11 is 0. The number of nitrogens with zero attached hydrogens (tertiary/aromatic N) is 3. The monoisotopic (exact) mass is 363 g/mol. The average molecular weight is 363 g/mol. The Kier molecular flexibility index (Phi) is 5.27. The van der Waals surface area contributed by atoms with Crippen molar-refractivity contribution < 1.29 is 14.6 Å². The summed E-state index contributed by atoms with van der Waals surface area (Å²) in [6, 6.07) is 13.4. The molecule has 0 saturated carbocycles. The average Bonchev–Trinajstić information content (AvgIpc) is 2.69. The Bertz CT molecular complexity index is 969. The van der Waals surface area contributed by atoms with Gasteiger partial charge in [-0.1, -0.05) is 12.1 Å². The van der Waals surface area contributed by atoms with Crippen molar-refractivity contribution in [2.75, 3.05) is 12.4 Å². The van der Waals surface area contributed by atoms with Crippen molar-refractivity contribution in [2.24, 2.45) is 10.7 Å². The van der Waals surface area contributed by atoms with Crippen molar-refractivity contribution in [3.05, 3.63) is 72.1 Å². The molecule has 0 amide bonds. The normalized spacial score (nSPS) is 11.1. The Morgan fingerprint density at radius 1 is 1.11 bits per heavy atom. The molecule has 0 atom stereocenters. The van der Waals surface area contributed by atoms with E-state index in [0.29, 0.717) is 0 Å². The van der Waals surface area contributed by atoms with E-state index in [2.05, 4.69) is 20.3 Å². The van der Waals surface area contributed by atoms with Gasteiger partial charge in [-0.2, -0.15) is 4.99 Å². The molecule has 0 fully saturated rings. The van der Waals surface area contributed by atoms with Gasteiger partial charge in [0, 0.05) is 18.1 Å². The summed E-state index contributed by atoms with van der Waals surface area (Å²) in [5.41, 5.74) is 6.98. The number of hydrogen-bond donors (Lipinski definition) is 3. The molecule has 8 heteroatoms. The molecule has 2 aromatic carbocycles. The van der Waals surface area contributed by atoms with Crippen molar-refractivity contribution in [1.82, 2.24) is 9.97 Å². The smallest absolute Gasteiger partial charge is 0.252 e. The number of nitrogens with two attached hydrogens (primary N) is 1. The Morgan fingerprint density at radius 3 is 2.41 bits per heavy atom. The maximum Gasteiger partial charge on any atom is 0.252 e. The first kappa shape index (κ1) is 17.9. The van der Waals surface area contributed by atoms with Crippen LogP contribution in [0.1, 0.15) is 15.9 Å². The lowest BCUT2D eigenvalue weighted by Crippen LogP contribution is -2.22. The van der Waals surface area contributed by atoms with Gasteiger partial charge in [0.05, 0.1) is 18.2 Å². The second-order valence-electron chi connectivity index (χ2n) is 5.47. The standard InChI is InChI=1S/C19H17N5O3/c1-27-14-8-6-13(7-9-14)23-18(20)24-19-21-10-12(11-22-19)17(26)15-4-2-3-5-16(15)25/h2-11,25H,1H3,(H3,20,21,22,23,24). The highest BCUT2D eigenvalue weighted by Crippen LogP contribution is 2.20. The number of guanidine groups is 1. The number of methoxy groups -OCH3 is 1. The van der Waals surface area contributed by atoms with E-state index in [0.717, 1.165) is 11.4 Å². The van der Waals surface area contributed by atoms with E-state index in [1.54, 1.807) is 43.5 Å². The summed E-state index contributed by atoms with van der Waals surface area (Å²) in [6.45, 7) is 0. The zero-order valence-corrected chi connectivity index (χ0v) is 14.5. The van der Waals surface area contributed by atoms with E-state index in [4.69, 9.17) is 10.5 Å². The van der Waals surface area contributed by atoms with Gasteiger partial charge < -0.3 is 20.9 Å². The largest absolute Gasteiger partial charge is 0.507 e. The van der Waals surface area contributed by atoms with E-state index in [-0.39, 0.29) is 34.6 Å². The summed E-state index contributed by atoms with van der Waals surface area (Å²) in [4.78, 5) is 24.5. The third-order valence-electron chi connectivity index (χ3n) is 3.63. The summed E-state index contributed by atoms with van der Waals surface area (Å²) in [5.74, 6) is 0.442. The molecule has 0 bridgehead atoms. The van der Waals surface area contributed by atoms with Crippen LogP contribution in [-0.4, -0.2) is 33.9 Å². The first-order valence-corrected chi connectivity index (χ1v) is 7.97. The fourth-order valence-electron chi connectivity index (χ4n) is 2.28. The fourth-order valence-corrected chi connectivity index (χ4v) is 2.28. The van der Waals surface area contributed by atoms with Gasteiger partial charge in [-0.25, -0.2) is 9.97 Å². The number of aromatic hydroxyl groups is 1. The van der Waals surface area contributed by atoms with Crippen molar-refractivity contribution in [2.45, 2.75) is 0 Å². The van der Waals surface area contributed by atoms with Crippen LogP contribution in [0, 0.1) is 0 Å². The van der Waals surface area contributed by atoms with Crippen molar-refractivity contribution in [3.63, 3.8) is 0 Å². The first-order chi connectivity index (χ1) is 13.1. The van der Waals surface area contributed by atoms with Crippen LogP contribution < -0.4 is 15.8 Å².